The molecule has 0 saturated heterocycles. The molecule has 1 saturated carbocycles. The first-order valence-corrected chi connectivity index (χ1v) is 17.6. The Kier molecular flexibility index (Phi) is 6.93. The molecule has 1 fully saturated rings. The zero-order chi connectivity index (χ0) is 34.3. The number of fused-ring (bicyclic) bond motifs is 12. The average Bonchev–Trinajstić information content (AvgIpc) is 3.42. The van der Waals surface area contributed by atoms with E-state index in [1.165, 1.54) is 28.7 Å². The lowest BCUT2D eigenvalue weighted by Crippen LogP contribution is -2.38. The van der Waals surface area contributed by atoms with Crippen LogP contribution in [0.3, 0.4) is 0 Å². The number of hydrogen-bond acceptors (Lipinski definition) is 6. The van der Waals surface area contributed by atoms with Crippen molar-refractivity contribution in [3.8, 4) is 45.6 Å². The van der Waals surface area contributed by atoms with Crippen molar-refractivity contribution in [1.29, 1.82) is 0 Å². The molecule has 2 heterocycles. The molecule has 0 N–H and O–H groups in total. The number of rotatable bonds is 5. The number of hydrogen-bond donors (Lipinski definition) is 0. The van der Waals surface area contributed by atoms with Crippen molar-refractivity contribution in [1.82, 2.24) is 0 Å². The van der Waals surface area contributed by atoms with Crippen molar-refractivity contribution in [3.63, 3.8) is 0 Å². The molecule has 9 rings (SSSR count). The molecule has 2 aliphatic carbocycles. The van der Waals surface area contributed by atoms with Crippen molar-refractivity contribution in [3.05, 3.63) is 113 Å². The van der Waals surface area contributed by atoms with Gasteiger partial charge in [0.25, 0.3) is 0 Å². The van der Waals surface area contributed by atoms with Crippen molar-refractivity contribution < 1.29 is 28.4 Å². The number of methoxy groups -OCH3 is 3. The van der Waals surface area contributed by atoms with Gasteiger partial charge in [0.15, 0.2) is 17.1 Å². The zero-order valence-electron chi connectivity index (χ0n) is 29.4. The molecule has 0 radical (unpaired) electrons. The van der Waals surface area contributed by atoms with Crippen LogP contribution >= 0.6 is 0 Å². The first-order valence-electron chi connectivity index (χ1n) is 17.6. The maximum Gasteiger partial charge on any atom is 0.204 e. The van der Waals surface area contributed by atoms with Crippen molar-refractivity contribution in [2.45, 2.75) is 50.5 Å². The minimum Gasteiger partial charge on any atom is -0.497 e. The summed E-state index contributed by atoms with van der Waals surface area (Å²) in [6, 6.07) is 27.5. The van der Waals surface area contributed by atoms with Crippen LogP contribution in [0.1, 0.15) is 67.3 Å². The van der Waals surface area contributed by atoms with Crippen LogP contribution < -0.4 is 28.4 Å². The third-order valence-corrected chi connectivity index (χ3v) is 11.5. The standard InChI is InChI=1S/C44H42O6/c1-42(2)20-8-21-43(26-42)34-10-7-6-9-31(34)36-37-33(25-35(47-5)40-41(37)49-24-23-48-40)39-32(38(36)43)19-22-44(50-39,27-11-15-29(45-3)16-12-27)28-13-17-30(46-4)18-14-28/h6-7,9-19,22,25H,8,20-21,23-24,26H2,1-5H3. The van der Waals surface area contributed by atoms with Gasteiger partial charge in [0.2, 0.25) is 5.75 Å². The summed E-state index contributed by atoms with van der Waals surface area (Å²) >= 11 is 0. The summed E-state index contributed by atoms with van der Waals surface area (Å²) in [4.78, 5) is 0. The first-order chi connectivity index (χ1) is 24.3. The highest BCUT2D eigenvalue weighted by molar-refractivity contribution is 6.13. The van der Waals surface area contributed by atoms with E-state index in [2.05, 4.69) is 80.6 Å². The smallest absolute Gasteiger partial charge is 0.204 e. The predicted molar refractivity (Wildman–Crippen MR) is 196 cm³/mol. The summed E-state index contributed by atoms with van der Waals surface area (Å²) in [6.07, 6.45) is 9.04. The second kappa shape index (κ2) is 11.2. The lowest BCUT2D eigenvalue weighted by Gasteiger charge is -2.46. The van der Waals surface area contributed by atoms with Crippen molar-refractivity contribution >= 4 is 16.8 Å². The summed E-state index contributed by atoms with van der Waals surface area (Å²) in [7, 11) is 5.07. The maximum absolute atomic E-state index is 7.63. The van der Waals surface area contributed by atoms with E-state index in [0.717, 1.165) is 69.7 Å². The van der Waals surface area contributed by atoms with Crippen LogP contribution in [0, 0.1) is 5.41 Å². The highest BCUT2D eigenvalue weighted by Crippen LogP contribution is 2.66. The Morgan fingerprint density at radius 1 is 0.700 bits per heavy atom. The molecule has 2 aliphatic heterocycles. The van der Waals surface area contributed by atoms with E-state index >= 15 is 0 Å². The Morgan fingerprint density at radius 2 is 1.36 bits per heavy atom. The van der Waals surface area contributed by atoms with E-state index in [1.54, 1.807) is 21.3 Å². The second-order valence-electron chi connectivity index (χ2n) is 14.8. The molecule has 4 aliphatic rings. The van der Waals surface area contributed by atoms with Gasteiger partial charge >= 0.3 is 0 Å². The summed E-state index contributed by atoms with van der Waals surface area (Å²) in [5, 5.41) is 1.97. The highest BCUT2D eigenvalue weighted by atomic mass is 16.6. The van der Waals surface area contributed by atoms with E-state index in [-0.39, 0.29) is 10.8 Å². The van der Waals surface area contributed by atoms with Gasteiger partial charge in [-0.25, -0.2) is 0 Å². The first kappa shape index (κ1) is 30.9. The van der Waals surface area contributed by atoms with Crippen LogP contribution in [0.2, 0.25) is 0 Å². The normalized spacial score (nSPS) is 20.4. The Hall–Kier alpha value is -5.10. The van der Waals surface area contributed by atoms with Gasteiger partial charge in [-0.05, 0) is 83.3 Å². The molecule has 0 aromatic heterocycles. The van der Waals surface area contributed by atoms with Gasteiger partial charge in [0, 0.05) is 32.9 Å². The number of benzene rings is 5. The molecule has 0 bridgehead atoms. The highest BCUT2D eigenvalue weighted by Gasteiger charge is 2.52. The fourth-order valence-corrected chi connectivity index (χ4v) is 9.42. The van der Waals surface area contributed by atoms with Crippen LogP contribution in [0.5, 0.6) is 34.5 Å². The van der Waals surface area contributed by atoms with Crippen LogP contribution in [0.4, 0.5) is 0 Å². The van der Waals surface area contributed by atoms with Gasteiger partial charge in [-0.2, -0.15) is 0 Å². The third kappa shape index (κ3) is 4.33. The molecular formula is C44H42O6. The maximum atomic E-state index is 7.63. The summed E-state index contributed by atoms with van der Waals surface area (Å²) in [5.41, 5.74) is 7.37. The third-order valence-electron chi connectivity index (χ3n) is 11.5. The van der Waals surface area contributed by atoms with Crippen LogP contribution in [-0.4, -0.2) is 34.5 Å². The van der Waals surface area contributed by atoms with Gasteiger partial charge in [-0.15, -0.1) is 0 Å². The van der Waals surface area contributed by atoms with Crippen LogP contribution in [-0.2, 0) is 11.0 Å². The summed E-state index contributed by atoms with van der Waals surface area (Å²) in [5.74, 6) is 4.40. The summed E-state index contributed by atoms with van der Waals surface area (Å²) < 4.78 is 37.7. The lowest BCUT2D eigenvalue weighted by atomic mass is 9.59. The molecule has 254 valence electrons. The van der Waals surface area contributed by atoms with Gasteiger partial charge in [-0.1, -0.05) is 74.9 Å². The molecule has 50 heavy (non-hydrogen) atoms. The second-order valence-corrected chi connectivity index (χ2v) is 14.8. The van der Waals surface area contributed by atoms with Crippen LogP contribution in [0.25, 0.3) is 28.0 Å². The van der Waals surface area contributed by atoms with Gasteiger partial charge < -0.3 is 28.4 Å². The molecule has 6 nitrogen and oxygen atoms in total. The lowest BCUT2D eigenvalue weighted by molar-refractivity contribution is 0.158. The SMILES string of the molecule is COc1ccc(C2(c3ccc(OC)cc3)C=Cc3c4c(c5c6c(c(OC)cc5c3O2)OCCO6)-c2ccccc2C42CCCC(C)(C)C2)cc1. The molecule has 6 heteroatoms. The Labute approximate surface area is 293 Å². The fourth-order valence-electron chi connectivity index (χ4n) is 9.42. The predicted octanol–water partition coefficient (Wildman–Crippen LogP) is 9.85. The Bertz CT molecular complexity index is 2130. The number of ether oxygens (including phenoxy) is 6. The van der Waals surface area contributed by atoms with Gasteiger partial charge in [0.05, 0.1) is 21.3 Å². The molecule has 1 atom stereocenters. The molecule has 5 aromatic rings. The summed E-state index contributed by atoms with van der Waals surface area (Å²) in [6.45, 7) is 5.78. The van der Waals surface area contributed by atoms with E-state index in [4.69, 9.17) is 28.4 Å². The van der Waals surface area contributed by atoms with Crippen molar-refractivity contribution in [2.75, 3.05) is 34.5 Å². The molecule has 5 aromatic carbocycles. The molecular weight excluding hydrogens is 624 g/mol. The molecule has 0 amide bonds. The van der Waals surface area contributed by atoms with E-state index in [9.17, 15) is 0 Å². The minimum absolute atomic E-state index is 0.170. The largest absolute Gasteiger partial charge is 0.497 e. The average molecular weight is 667 g/mol. The minimum atomic E-state index is -0.947. The topological polar surface area (TPSA) is 55.4 Å². The van der Waals surface area contributed by atoms with E-state index < -0.39 is 5.60 Å². The van der Waals surface area contributed by atoms with Gasteiger partial charge in [-0.3, -0.25) is 0 Å². The zero-order valence-corrected chi connectivity index (χ0v) is 29.4. The molecule has 1 spiro atoms. The van der Waals surface area contributed by atoms with Crippen molar-refractivity contribution in [2.24, 2.45) is 5.41 Å². The van der Waals surface area contributed by atoms with Gasteiger partial charge in [0.1, 0.15) is 30.5 Å². The van der Waals surface area contributed by atoms with E-state index in [0.29, 0.717) is 24.7 Å². The fraction of sp³-hybridized carbons (Fsp3) is 0.318. The van der Waals surface area contributed by atoms with Crippen LogP contribution in [0.15, 0.2) is 84.9 Å². The quantitative estimate of drug-likeness (QED) is 0.186. The Balaban J connectivity index is 1.41. The monoisotopic (exact) mass is 666 g/mol. The van der Waals surface area contributed by atoms with E-state index in [1.807, 2.05) is 24.3 Å². The molecule has 1 unspecified atom stereocenters. The Morgan fingerprint density at radius 3 is 2.00 bits per heavy atom.